The van der Waals surface area contributed by atoms with Crippen LogP contribution < -0.4 is 5.32 Å². The molecule has 1 atom stereocenters. The second-order valence-electron chi connectivity index (χ2n) is 4.21. The van der Waals surface area contributed by atoms with E-state index < -0.39 is 0 Å². The number of carbonyl (C=O) groups excluding carboxylic acids is 2. The zero-order valence-electron chi connectivity index (χ0n) is 10.2. The summed E-state index contributed by atoms with van der Waals surface area (Å²) >= 11 is 0. The van der Waals surface area contributed by atoms with Gasteiger partial charge in [0.2, 0.25) is 5.91 Å². The first-order valence-electron chi connectivity index (χ1n) is 5.80. The third-order valence-electron chi connectivity index (χ3n) is 2.49. The highest BCUT2D eigenvalue weighted by atomic mass is 16.6. The molecule has 1 heterocycles. The molecule has 1 saturated heterocycles. The molecule has 0 aromatic rings. The number of nitrogens with zero attached hydrogens (tertiary/aromatic N) is 1. The Morgan fingerprint density at radius 1 is 1.50 bits per heavy atom. The fourth-order valence-electron chi connectivity index (χ4n) is 1.84. The first kappa shape index (κ1) is 12.8. The van der Waals surface area contributed by atoms with Crippen molar-refractivity contribution in [3.63, 3.8) is 0 Å². The highest BCUT2D eigenvalue weighted by Crippen LogP contribution is 2.18. The molecular formula is C11H20N2O3. The topological polar surface area (TPSA) is 58.6 Å². The van der Waals surface area contributed by atoms with E-state index in [-0.39, 0.29) is 24.1 Å². The normalized spacial score (nSPS) is 20.0. The van der Waals surface area contributed by atoms with Crippen LogP contribution in [0, 0.1) is 0 Å². The molecule has 0 spiro atoms. The van der Waals surface area contributed by atoms with E-state index in [4.69, 9.17) is 4.74 Å². The largest absolute Gasteiger partial charge is 0.450 e. The molecule has 1 N–H and O–H groups in total. The van der Waals surface area contributed by atoms with Crippen molar-refractivity contribution in [2.24, 2.45) is 0 Å². The molecule has 1 rings (SSSR count). The third kappa shape index (κ3) is 3.12. The van der Waals surface area contributed by atoms with Gasteiger partial charge in [-0.3, -0.25) is 9.69 Å². The summed E-state index contributed by atoms with van der Waals surface area (Å²) in [6.07, 6.45) is 1.19. The maximum atomic E-state index is 11.8. The lowest BCUT2D eigenvalue weighted by Crippen LogP contribution is -2.47. The zero-order chi connectivity index (χ0) is 12.1. The minimum absolute atomic E-state index is 0.0828. The highest BCUT2D eigenvalue weighted by Gasteiger charge is 2.34. The molecule has 0 radical (unpaired) electrons. The Morgan fingerprint density at radius 3 is 2.75 bits per heavy atom. The first-order chi connectivity index (χ1) is 7.56. The SMILES string of the molecule is CCOC(=O)N1CCCC1C(=O)NC(C)C. The van der Waals surface area contributed by atoms with Gasteiger partial charge < -0.3 is 10.1 Å². The van der Waals surface area contributed by atoms with Crippen molar-refractivity contribution in [3.05, 3.63) is 0 Å². The third-order valence-corrected chi connectivity index (χ3v) is 2.49. The Kier molecular flexibility index (Phi) is 4.58. The summed E-state index contributed by atoms with van der Waals surface area (Å²) in [6, 6.07) is -0.265. The molecular weight excluding hydrogens is 208 g/mol. The highest BCUT2D eigenvalue weighted by molar-refractivity contribution is 5.86. The zero-order valence-corrected chi connectivity index (χ0v) is 10.2. The van der Waals surface area contributed by atoms with Gasteiger partial charge in [0.1, 0.15) is 6.04 Å². The van der Waals surface area contributed by atoms with Crippen LogP contribution in [0.1, 0.15) is 33.6 Å². The van der Waals surface area contributed by atoms with Crippen LogP contribution in [0.25, 0.3) is 0 Å². The summed E-state index contributed by atoms with van der Waals surface area (Å²) in [7, 11) is 0. The molecule has 1 fully saturated rings. The molecule has 5 heteroatoms. The second kappa shape index (κ2) is 5.72. The van der Waals surface area contributed by atoms with E-state index in [0.29, 0.717) is 13.2 Å². The monoisotopic (exact) mass is 228 g/mol. The van der Waals surface area contributed by atoms with E-state index in [2.05, 4.69) is 5.32 Å². The predicted octanol–water partition coefficient (Wildman–Crippen LogP) is 1.13. The van der Waals surface area contributed by atoms with Gasteiger partial charge in [0.15, 0.2) is 0 Å². The molecule has 1 unspecified atom stereocenters. The standard InChI is InChI=1S/C11H20N2O3/c1-4-16-11(15)13-7-5-6-9(13)10(14)12-8(2)3/h8-9H,4-7H2,1-3H3,(H,12,14). The molecule has 0 aromatic heterocycles. The summed E-state index contributed by atoms with van der Waals surface area (Å²) in [5, 5.41) is 2.82. The molecule has 16 heavy (non-hydrogen) atoms. The van der Waals surface area contributed by atoms with E-state index in [0.717, 1.165) is 12.8 Å². The van der Waals surface area contributed by atoms with Gasteiger partial charge in [0.05, 0.1) is 6.61 Å². The van der Waals surface area contributed by atoms with Crippen molar-refractivity contribution in [3.8, 4) is 0 Å². The Labute approximate surface area is 96.1 Å². The van der Waals surface area contributed by atoms with Crippen molar-refractivity contribution in [1.29, 1.82) is 0 Å². The van der Waals surface area contributed by atoms with Gasteiger partial charge in [0, 0.05) is 12.6 Å². The molecule has 0 aliphatic carbocycles. The average molecular weight is 228 g/mol. The van der Waals surface area contributed by atoms with Crippen molar-refractivity contribution in [2.75, 3.05) is 13.2 Å². The maximum Gasteiger partial charge on any atom is 0.410 e. The molecule has 92 valence electrons. The lowest BCUT2D eigenvalue weighted by molar-refractivity contribution is -0.125. The minimum atomic E-state index is -0.385. The summed E-state index contributed by atoms with van der Waals surface area (Å²) in [5.74, 6) is -0.0828. The van der Waals surface area contributed by atoms with Gasteiger partial charge in [-0.25, -0.2) is 4.79 Å². The van der Waals surface area contributed by atoms with Crippen LogP contribution in [0.4, 0.5) is 4.79 Å². The number of amides is 2. The quantitative estimate of drug-likeness (QED) is 0.787. The van der Waals surface area contributed by atoms with E-state index in [1.165, 1.54) is 4.90 Å². The lowest BCUT2D eigenvalue weighted by atomic mass is 10.2. The average Bonchev–Trinajstić information content (AvgIpc) is 2.65. The van der Waals surface area contributed by atoms with Gasteiger partial charge in [0.25, 0.3) is 0 Å². The Balaban J connectivity index is 2.58. The first-order valence-corrected chi connectivity index (χ1v) is 5.80. The number of ether oxygens (including phenoxy) is 1. The summed E-state index contributed by atoms with van der Waals surface area (Å²) in [6.45, 7) is 6.52. The van der Waals surface area contributed by atoms with Gasteiger partial charge >= 0.3 is 6.09 Å². The predicted molar refractivity (Wildman–Crippen MR) is 60.0 cm³/mol. The maximum absolute atomic E-state index is 11.8. The van der Waals surface area contributed by atoms with Crippen molar-refractivity contribution in [1.82, 2.24) is 10.2 Å². The van der Waals surface area contributed by atoms with E-state index in [1.54, 1.807) is 6.92 Å². The van der Waals surface area contributed by atoms with Crippen molar-refractivity contribution in [2.45, 2.75) is 45.7 Å². The number of hydrogen-bond acceptors (Lipinski definition) is 3. The fraction of sp³-hybridized carbons (Fsp3) is 0.818. The van der Waals surface area contributed by atoms with Crippen molar-refractivity contribution < 1.29 is 14.3 Å². The van der Waals surface area contributed by atoms with Crippen LogP contribution >= 0.6 is 0 Å². The second-order valence-corrected chi connectivity index (χ2v) is 4.21. The van der Waals surface area contributed by atoms with Gasteiger partial charge in [-0.1, -0.05) is 0 Å². The number of carbonyl (C=O) groups is 2. The van der Waals surface area contributed by atoms with Gasteiger partial charge in [-0.15, -0.1) is 0 Å². The molecule has 0 saturated carbocycles. The lowest BCUT2D eigenvalue weighted by Gasteiger charge is -2.23. The van der Waals surface area contributed by atoms with Crippen LogP contribution in [0.15, 0.2) is 0 Å². The van der Waals surface area contributed by atoms with E-state index >= 15 is 0 Å². The van der Waals surface area contributed by atoms with Gasteiger partial charge in [-0.2, -0.15) is 0 Å². The van der Waals surface area contributed by atoms with Gasteiger partial charge in [-0.05, 0) is 33.6 Å². The summed E-state index contributed by atoms with van der Waals surface area (Å²) in [4.78, 5) is 24.9. The molecule has 2 amide bonds. The number of likely N-dealkylation sites (tertiary alicyclic amines) is 1. The fourth-order valence-corrected chi connectivity index (χ4v) is 1.84. The van der Waals surface area contributed by atoms with Crippen LogP contribution in [0.5, 0.6) is 0 Å². The molecule has 0 bridgehead atoms. The van der Waals surface area contributed by atoms with Crippen molar-refractivity contribution >= 4 is 12.0 Å². The minimum Gasteiger partial charge on any atom is -0.450 e. The Bertz CT molecular complexity index is 266. The molecule has 5 nitrogen and oxygen atoms in total. The number of hydrogen-bond donors (Lipinski definition) is 1. The molecule has 0 aromatic carbocycles. The van der Waals surface area contributed by atoms with Crippen LogP contribution in [-0.2, 0) is 9.53 Å². The molecule has 1 aliphatic rings. The Hall–Kier alpha value is -1.26. The van der Waals surface area contributed by atoms with E-state index in [1.807, 2.05) is 13.8 Å². The van der Waals surface area contributed by atoms with E-state index in [9.17, 15) is 9.59 Å². The van der Waals surface area contributed by atoms with Crippen LogP contribution in [0.3, 0.4) is 0 Å². The van der Waals surface area contributed by atoms with Crippen LogP contribution in [0.2, 0.25) is 0 Å². The smallest absolute Gasteiger partial charge is 0.410 e. The van der Waals surface area contributed by atoms with Crippen LogP contribution in [-0.4, -0.2) is 42.1 Å². The summed E-state index contributed by atoms with van der Waals surface area (Å²) in [5.41, 5.74) is 0. The molecule has 1 aliphatic heterocycles. The Morgan fingerprint density at radius 2 is 2.19 bits per heavy atom. The summed E-state index contributed by atoms with van der Waals surface area (Å²) < 4.78 is 4.92. The number of nitrogens with one attached hydrogen (secondary N) is 1. The number of rotatable bonds is 3.